The van der Waals surface area contributed by atoms with E-state index in [9.17, 15) is 4.79 Å². The summed E-state index contributed by atoms with van der Waals surface area (Å²) in [6.45, 7) is 2.86. The molecule has 0 aliphatic heterocycles. The molecule has 0 aliphatic rings. The van der Waals surface area contributed by atoms with E-state index >= 15 is 0 Å². The number of carbonyl (C=O) groups excluding carboxylic acids is 1. The van der Waals surface area contributed by atoms with Crippen LogP contribution in [0, 0.1) is 0 Å². The van der Waals surface area contributed by atoms with E-state index in [-0.39, 0.29) is 0 Å². The molecule has 0 saturated carbocycles. The maximum atomic E-state index is 10.9. The molecule has 0 spiro atoms. The molecule has 0 bridgehead atoms. The van der Waals surface area contributed by atoms with Crippen molar-refractivity contribution in [2.75, 3.05) is 19.4 Å². The summed E-state index contributed by atoms with van der Waals surface area (Å²) in [6.07, 6.45) is 6.49. The third-order valence-corrected chi connectivity index (χ3v) is 2.94. The summed E-state index contributed by atoms with van der Waals surface area (Å²) in [6, 6.07) is 1.62. The first-order valence-electron chi connectivity index (χ1n) is 5.26. The van der Waals surface area contributed by atoms with Crippen LogP contribution in [0.3, 0.4) is 0 Å². The van der Waals surface area contributed by atoms with E-state index in [0.29, 0.717) is 17.9 Å². The summed E-state index contributed by atoms with van der Waals surface area (Å²) < 4.78 is 5.48. The lowest BCUT2D eigenvalue weighted by Crippen LogP contribution is -2.11. The van der Waals surface area contributed by atoms with Crippen molar-refractivity contribution >= 4 is 14.5 Å². The predicted molar refractivity (Wildman–Crippen MR) is 66.6 cm³/mol. The molecule has 16 heavy (non-hydrogen) atoms. The average molecular weight is 240 g/mol. The zero-order chi connectivity index (χ0) is 11.8. The van der Waals surface area contributed by atoms with Gasteiger partial charge in [-0.05, 0) is 31.7 Å². The molecule has 1 aromatic heterocycles. The molecule has 1 atom stereocenters. The van der Waals surface area contributed by atoms with Crippen LogP contribution in [-0.2, 0) is 0 Å². The lowest BCUT2D eigenvalue weighted by Gasteiger charge is -2.05. The number of unbranched alkanes of at least 4 members (excludes halogenated alkanes) is 1. The summed E-state index contributed by atoms with van der Waals surface area (Å²) in [5.41, 5.74) is 5.53. The predicted octanol–water partition coefficient (Wildman–Crippen LogP) is 1.65. The van der Waals surface area contributed by atoms with Crippen LogP contribution in [-0.4, -0.2) is 30.3 Å². The highest BCUT2D eigenvalue weighted by atomic mass is 31.1. The van der Waals surface area contributed by atoms with Crippen molar-refractivity contribution in [1.29, 1.82) is 0 Å². The highest BCUT2D eigenvalue weighted by molar-refractivity contribution is 7.36. The zero-order valence-corrected chi connectivity index (χ0v) is 10.4. The largest absolute Gasteiger partial charge is 0.492 e. The first-order valence-corrected chi connectivity index (χ1v) is 6.97. The van der Waals surface area contributed by atoms with Crippen LogP contribution in [0.25, 0.3) is 0 Å². The molecule has 88 valence electrons. The van der Waals surface area contributed by atoms with Crippen LogP contribution >= 0.6 is 8.58 Å². The number of pyridine rings is 1. The summed E-state index contributed by atoms with van der Waals surface area (Å²) >= 11 is 0. The van der Waals surface area contributed by atoms with Gasteiger partial charge in [-0.2, -0.15) is 0 Å². The summed E-state index contributed by atoms with van der Waals surface area (Å²) in [5.74, 6) is 0.125. The fourth-order valence-corrected chi connectivity index (χ4v) is 1.83. The van der Waals surface area contributed by atoms with Crippen LogP contribution in [0.4, 0.5) is 0 Å². The smallest absolute Gasteiger partial charge is 0.250 e. The SMILES string of the molecule is CPCCCCOc1cncc(C(N)=O)c1. The molecule has 0 aromatic carbocycles. The fraction of sp³-hybridized carbons (Fsp3) is 0.455. The standard InChI is InChI=1S/C11H17N2O2P/c1-16-5-3-2-4-15-10-6-9(11(12)14)7-13-8-10/h6-8,16H,2-5H2,1H3,(H2,12,14). The molecule has 4 nitrogen and oxygen atoms in total. The number of aromatic nitrogens is 1. The zero-order valence-electron chi connectivity index (χ0n) is 9.40. The van der Waals surface area contributed by atoms with Crippen molar-refractivity contribution in [3.05, 3.63) is 24.0 Å². The first-order chi connectivity index (χ1) is 7.74. The average Bonchev–Trinajstić information content (AvgIpc) is 2.29. The van der Waals surface area contributed by atoms with Gasteiger partial charge in [-0.1, -0.05) is 0 Å². The van der Waals surface area contributed by atoms with E-state index in [0.717, 1.165) is 15.0 Å². The number of primary amides is 1. The maximum Gasteiger partial charge on any atom is 0.250 e. The number of nitrogens with zero attached hydrogens (tertiary/aromatic N) is 1. The number of carbonyl (C=O) groups is 1. The molecule has 0 saturated heterocycles. The van der Waals surface area contributed by atoms with Crippen molar-refractivity contribution in [2.45, 2.75) is 12.8 Å². The van der Waals surface area contributed by atoms with Gasteiger partial charge in [0, 0.05) is 6.20 Å². The minimum atomic E-state index is -0.481. The third-order valence-electron chi connectivity index (χ3n) is 2.09. The molecular weight excluding hydrogens is 223 g/mol. The highest BCUT2D eigenvalue weighted by Crippen LogP contribution is 2.12. The van der Waals surface area contributed by atoms with E-state index < -0.39 is 5.91 Å². The molecular formula is C11H17N2O2P. The molecule has 5 heteroatoms. The molecule has 0 aliphatic carbocycles. The minimum Gasteiger partial charge on any atom is -0.492 e. The van der Waals surface area contributed by atoms with Gasteiger partial charge in [-0.3, -0.25) is 9.78 Å². The van der Waals surface area contributed by atoms with Gasteiger partial charge in [-0.15, -0.1) is 8.58 Å². The van der Waals surface area contributed by atoms with E-state index in [1.165, 1.54) is 18.8 Å². The second-order valence-electron chi connectivity index (χ2n) is 3.43. The van der Waals surface area contributed by atoms with Crippen molar-refractivity contribution in [3.63, 3.8) is 0 Å². The van der Waals surface area contributed by atoms with Gasteiger partial charge in [-0.25, -0.2) is 0 Å². The Kier molecular flexibility index (Phi) is 5.79. The lowest BCUT2D eigenvalue weighted by molar-refractivity contribution is 0.0999. The third kappa shape index (κ3) is 4.58. The monoisotopic (exact) mass is 240 g/mol. The Morgan fingerprint density at radius 2 is 2.31 bits per heavy atom. The van der Waals surface area contributed by atoms with Crippen molar-refractivity contribution in [3.8, 4) is 5.75 Å². The second-order valence-corrected chi connectivity index (χ2v) is 4.64. The second kappa shape index (κ2) is 7.18. The highest BCUT2D eigenvalue weighted by Gasteiger charge is 2.02. The first kappa shape index (κ1) is 12.9. The van der Waals surface area contributed by atoms with Gasteiger partial charge in [0.15, 0.2) is 0 Å². The Hall–Kier alpha value is -1.15. The van der Waals surface area contributed by atoms with Gasteiger partial charge in [0.25, 0.3) is 0 Å². The van der Waals surface area contributed by atoms with Crippen LogP contribution in [0.2, 0.25) is 0 Å². The molecule has 0 radical (unpaired) electrons. The van der Waals surface area contributed by atoms with Gasteiger partial charge in [0.2, 0.25) is 5.91 Å². The Labute approximate surface area is 97.4 Å². The Morgan fingerprint density at radius 3 is 3.00 bits per heavy atom. The molecule has 1 aromatic rings. The summed E-state index contributed by atoms with van der Waals surface area (Å²) in [5, 5.41) is 0. The molecule has 1 heterocycles. The number of hydrogen-bond acceptors (Lipinski definition) is 3. The van der Waals surface area contributed by atoms with Crippen LogP contribution in [0.5, 0.6) is 5.75 Å². The van der Waals surface area contributed by atoms with Crippen LogP contribution in [0.1, 0.15) is 23.2 Å². The maximum absolute atomic E-state index is 10.9. The van der Waals surface area contributed by atoms with E-state index in [1.54, 1.807) is 12.3 Å². The summed E-state index contributed by atoms with van der Waals surface area (Å²) in [7, 11) is 1.00. The lowest BCUT2D eigenvalue weighted by atomic mass is 10.2. The number of amides is 1. The molecule has 2 N–H and O–H groups in total. The molecule has 1 amide bonds. The van der Waals surface area contributed by atoms with E-state index in [4.69, 9.17) is 10.5 Å². The van der Waals surface area contributed by atoms with Gasteiger partial charge < -0.3 is 10.5 Å². The fourth-order valence-electron chi connectivity index (χ4n) is 1.23. The quantitative estimate of drug-likeness (QED) is 0.582. The molecule has 0 fully saturated rings. The van der Waals surface area contributed by atoms with E-state index in [2.05, 4.69) is 11.6 Å². The number of nitrogens with two attached hydrogens (primary N) is 1. The van der Waals surface area contributed by atoms with Gasteiger partial charge in [0.1, 0.15) is 5.75 Å². The number of ether oxygens (including phenoxy) is 1. The van der Waals surface area contributed by atoms with Crippen LogP contribution < -0.4 is 10.5 Å². The number of hydrogen-bond donors (Lipinski definition) is 1. The van der Waals surface area contributed by atoms with Crippen molar-refractivity contribution in [2.24, 2.45) is 5.73 Å². The minimum absolute atomic E-state index is 0.382. The summed E-state index contributed by atoms with van der Waals surface area (Å²) in [4.78, 5) is 14.8. The van der Waals surface area contributed by atoms with Gasteiger partial charge in [0.05, 0.1) is 18.4 Å². The van der Waals surface area contributed by atoms with Crippen molar-refractivity contribution in [1.82, 2.24) is 4.98 Å². The molecule has 1 unspecified atom stereocenters. The Morgan fingerprint density at radius 1 is 1.50 bits per heavy atom. The van der Waals surface area contributed by atoms with Crippen molar-refractivity contribution < 1.29 is 9.53 Å². The Bertz CT molecular complexity index is 345. The number of rotatable bonds is 7. The topological polar surface area (TPSA) is 65.2 Å². The Balaban J connectivity index is 2.36. The van der Waals surface area contributed by atoms with Crippen LogP contribution in [0.15, 0.2) is 18.5 Å². The van der Waals surface area contributed by atoms with E-state index in [1.807, 2.05) is 0 Å². The molecule has 1 rings (SSSR count). The normalized spacial score (nSPS) is 10.8. The van der Waals surface area contributed by atoms with Gasteiger partial charge >= 0.3 is 0 Å².